The summed E-state index contributed by atoms with van der Waals surface area (Å²) >= 11 is 0. The number of sulfonamides is 1. The highest BCUT2D eigenvalue weighted by Crippen LogP contribution is 2.25. The first-order valence-corrected chi connectivity index (χ1v) is 12.0. The zero-order valence-electron chi connectivity index (χ0n) is 17.9. The van der Waals surface area contributed by atoms with Crippen LogP contribution in [0.1, 0.15) is 34.0 Å². The molecular formula is C25H25FN2O3S. The lowest BCUT2D eigenvalue weighted by molar-refractivity contribution is 0.0752. The van der Waals surface area contributed by atoms with Crippen molar-refractivity contribution < 1.29 is 17.6 Å². The SMILES string of the molecule is CCN(Cc1cccc(F)c1)C(=O)c1cccc(S(=O)(=O)N2CCc3ccccc3C2)c1. The van der Waals surface area contributed by atoms with Crippen LogP contribution in [-0.4, -0.2) is 36.6 Å². The average Bonchev–Trinajstić information content (AvgIpc) is 2.82. The van der Waals surface area contributed by atoms with Crippen molar-refractivity contribution in [2.24, 2.45) is 0 Å². The van der Waals surface area contributed by atoms with Crippen LogP contribution in [0.4, 0.5) is 4.39 Å². The van der Waals surface area contributed by atoms with Gasteiger partial charge in [-0.3, -0.25) is 4.79 Å². The van der Waals surface area contributed by atoms with E-state index in [4.69, 9.17) is 0 Å². The van der Waals surface area contributed by atoms with E-state index in [-0.39, 0.29) is 23.2 Å². The highest BCUT2D eigenvalue weighted by Gasteiger charge is 2.29. The third-order valence-electron chi connectivity index (χ3n) is 5.75. The number of rotatable bonds is 6. The summed E-state index contributed by atoms with van der Waals surface area (Å²) in [6, 6.07) is 20.1. The summed E-state index contributed by atoms with van der Waals surface area (Å²) in [5, 5.41) is 0. The van der Waals surface area contributed by atoms with Gasteiger partial charge in [0.05, 0.1) is 4.90 Å². The molecule has 1 amide bonds. The Morgan fingerprint density at radius 1 is 1.00 bits per heavy atom. The Balaban J connectivity index is 1.56. The molecule has 0 radical (unpaired) electrons. The molecule has 0 saturated heterocycles. The van der Waals surface area contributed by atoms with Crippen LogP contribution < -0.4 is 0 Å². The van der Waals surface area contributed by atoms with Gasteiger partial charge >= 0.3 is 0 Å². The molecule has 7 heteroatoms. The highest BCUT2D eigenvalue weighted by atomic mass is 32.2. The Hall–Kier alpha value is -3.03. The van der Waals surface area contributed by atoms with E-state index in [2.05, 4.69) is 0 Å². The third-order valence-corrected chi connectivity index (χ3v) is 7.59. The number of fused-ring (bicyclic) bond motifs is 1. The molecule has 0 aromatic heterocycles. The summed E-state index contributed by atoms with van der Waals surface area (Å²) in [5.41, 5.74) is 3.14. The molecule has 0 saturated carbocycles. The molecule has 1 aliphatic rings. The van der Waals surface area contributed by atoms with Crippen LogP contribution in [0.3, 0.4) is 0 Å². The molecule has 4 rings (SSSR count). The summed E-state index contributed by atoms with van der Waals surface area (Å²) in [4.78, 5) is 14.8. The van der Waals surface area contributed by atoms with Gasteiger partial charge in [-0.05, 0) is 60.4 Å². The van der Waals surface area contributed by atoms with Gasteiger partial charge in [-0.1, -0.05) is 42.5 Å². The Kier molecular flexibility index (Phi) is 6.39. The minimum absolute atomic E-state index is 0.101. The molecule has 32 heavy (non-hydrogen) atoms. The summed E-state index contributed by atoms with van der Waals surface area (Å²) in [7, 11) is -3.74. The van der Waals surface area contributed by atoms with Crippen molar-refractivity contribution in [3.63, 3.8) is 0 Å². The van der Waals surface area contributed by atoms with E-state index in [1.54, 1.807) is 29.2 Å². The van der Waals surface area contributed by atoms with Gasteiger partial charge in [0.1, 0.15) is 5.82 Å². The van der Waals surface area contributed by atoms with Gasteiger partial charge in [0.25, 0.3) is 5.91 Å². The van der Waals surface area contributed by atoms with Crippen LogP contribution in [0.25, 0.3) is 0 Å². The number of halogens is 1. The molecule has 3 aromatic carbocycles. The fourth-order valence-corrected chi connectivity index (χ4v) is 5.44. The second-order valence-corrected chi connectivity index (χ2v) is 9.77. The van der Waals surface area contributed by atoms with E-state index in [0.717, 1.165) is 5.56 Å². The monoisotopic (exact) mass is 452 g/mol. The maximum atomic E-state index is 13.5. The van der Waals surface area contributed by atoms with E-state index in [1.807, 2.05) is 31.2 Å². The lowest BCUT2D eigenvalue weighted by Gasteiger charge is -2.28. The van der Waals surface area contributed by atoms with Crippen molar-refractivity contribution in [2.75, 3.05) is 13.1 Å². The van der Waals surface area contributed by atoms with Gasteiger partial charge in [-0.25, -0.2) is 12.8 Å². The smallest absolute Gasteiger partial charge is 0.254 e. The van der Waals surface area contributed by atoms with Gasteiger partial charge in [0, 0.05) is 31.7 Å². The molecule has 5 nitrogen and oxygen atoms in total. The van der Waals surface area contributed by atoms with Crippen LogP contribution in [-0.2, 0) is 29.5 Å². The lowest BCUT2D eigenvalue weighted by atomic mass is 10.0. The number of carbonyl (C=O) groups is 1. The predicted octanol–water partition coefficient (Wildman–Crippen LogP) is 4.24. The van der Waals surface area contributed by atoms with Gasteiger partial charge in [-0.15, -0.1) is 0 Å². The number of hydrogen-bond donors (Lipinski definition) is 0. The van der Waals surface area contributed by atoms with E-state index in [9.17, 15) is 17.6 Å². The zero-order valence-corrected chi connectivity index (χ0v) is 18.7. The molecule has 1 heterocycles. The van der Waals surface area contributed by atoms with Crippen LogP contribution >= 0.6 is 0 Å². The summed E-state index contributed by atoms with van der Waals surface area (Å²) in [6.07, 6.45) is 0.658. The second kappa shape index (κ2) is 9.22. The van der Waals surface area contributed by atoms with Crippen molar-refractivity contribution in [3.05, 3.63) is 101 Å². The molecule has 3 aromatic rings. The minimum atomic E-state index is -3.74. The van der Waals surface area contributed by atoms with Gasteiger partial charge in [0.2, 0.25) is 10.0 Å². The van der Waals surface area contributed by atoms with Gasteiger partial charge < -0.3 is 4.90 Å². The van der Waals surface area contributed by atoms with Crippen LogP contribution in [0.15, 0.2) is 77.7 Å². The van der Waals surface area contributed by atoms with Crippen molar-refractivity contribution >= 4 is 15.9 Å². The van der Waals surface area contributed by atoms with Crippen molar-refractivity contribution in [2.45, 2.75) is 31.3 Å². The van der Waals surface area contributed by atoms with E-state index >= 15 is 0 Å². The first kappa shape index (κ1) is 22.2. The fraction of sp³-hybridized carbons (Fsp3) is 0.240. The molecule has 0 aliphatic carbocycles. The van der Waals surface area contributed by atoms with E-state index < -0.39 is 10.0 Å². The first-order chi connectivity index (χ1) is 15.4. The number of carbonyl (C=O) groups excluding carboxylic acids is 1. The minimum Gasteiger partial charge on any atom is -0.335 e. The second-order valence-electron chi connectivity index (χ2n) is 7.83. The van der Waals surface area contributed by atoms with Crippen LogP contribution in [0, 0.1) is 5.82 Å². The van der Waals surface area contributed by atoms with Crippen molar-refractivity contribution in [1.29, 1.82) is 0 Å². The average molecular weight is 453 g/mol. The number of benzene rings is 3. The maximum absolute atomic E-state index is 13.5. The summed E-state index contributed by atoms with van der Waals surface area (Å²) in [6.45, 7) is 3.21. The predicted molar refractivity (Wildman–Crippen MR) is 121 cm³/mol. The topological polar surface area (TPSA) is 57.7 Å². The molecule has 0 N–H and O–H groups in total. The molecule has 0 bridgehead atoms. The number of nitrogens with zero attached hydrogens (tertiary/aromatic N) is 2. The van der Waals surface area contributed by atoms with E-state index in [0.29, 0.717) is 37.2 Å². The largest absolute Gasteiger partial charge is 0.335 e. The summed E-state index contributed by atoms with van der Waals surface area (Å²) in [5.74, 6) is -0.653. The molecule has 1 aliphatic heterocycles. The molecule has 0 spiro atoms. The molecule has 0 unspecified atom stereocenters. The fourth-order valence-electron chi connectivity index (χ4n) is 3.98. The Morgan fingerprint density at radius 2 is 1.75 bits per heavy atom. The standard InChI is InChI=1S/C25H25FN2O3S/c1-2-27(17-19-7-5-11-23(26)15-19)25(29)21-10-6-12-24(16-21)32(30,31)28-14-13-20-8-3-4-9-22(20)18-28/h3-12,15-16H,2,13-14,17-18H2,1H3. The van der Waals surface area contributed by atoms with Crippen molar-refractivity contribution in [1.82, 2.24) is 9.21 Å². The van der Waals surface area contributed by atoms with Crippen LogP contribution in [0.5, 0.6) is 0 Å². The van der Waals surface area contributed by atoms with Gasteiger partial charge in [-0.2, -0.15) is 4.31 Å². The third kappa shape index (κ3) is 4.59. The summed E-state index contributed by atoms with van der Waals surface area (Å²) < 4.78 is 41.6. The molecule has 0 fully saturated rings. The quantitative estimate of drug-likeness (QED) is 0.562. The lowest BCUT2D eigenvalue weighted by Crippen LogP contribution is -2.36. The normalized spacial score (nSPS) is 14.1. The Labute approximate surface area is 188 Å². The maximum Gasteiger partial charge on any atom is 0.254 e. The Morgan fingerprint density at radius 3 is 2.50 bits per heavy atom. The zero-order chi connectivity index (χ0) is 22.7. The number of amides is 1. The Bertz CT molecular complexity index is 1240. The van der Waals surface area contributed by atoms with Crippen molar-refractivity contribution in [3.8, 4) is 0 Å². The molecular weight excluding hydrogens is 427 g/mol. The highest BCUT2D eigenvalue weighted by molar-refractivity contribution is 7.89. The number of hydrogen-bond acceptors (Lipinski definition) is 3. The van der Waals surface area contributed by atoms with Gasteiger partial charge in [0.15, 0.2) is 0 Å². The molecule has 0 atom stereocenters. The van der Waals surface area contributed by atoms with E-state index in [1.165, 1.54) is 34.1 Å². The first-order valence-electron chi connectivity index (χ1n) is 10.6. The van der Waals surface area contributed by atoms with Crippen LogP contribution in [0.2, 0.25) is 0 Å². The molecule has 166 valence electrons.